The van der Waals surface area contributed by atoms with Gasteiger partial charge in [-0.25, -0.2) is 0 Å². The van der Waals surface area contributed by atoms with Crippen LogP contribution in [0.1, 0.15) is 35.7 Å². The summed E-state index contributed by atoms with van der Waals surface area (Å²) in [5.74, 6) is 0.350. The molecule has 0 aliphatic rings. The van der Waals surface area contributed by atoms with E-state index in [0.717, 1.165) is 12.0 Å². The van der Waals surface area contributed by atoms with Gasteiger partial charge in [0.1, 0.15) is 0 Å². The van der Waals surface area contributed by atoms with Gasteiger partial charge in [-0.2, -0.15) is 8.42 Å². The van der Waals surface area contributed by atoms with Gasteiger partial charge in [0.15, 0.2) is 0 Å². The van der Waals surface area contributed by atoms with E-state index in [2.05, 4.69) is 35.0 Å². The Balaban J connectivity index is 1.81. The minimum Gasteiger partial charge on any atom is -0.266 e. The Morgan fingerprint density at radius 3 is 2.29 bits per heavy atom. The van der Waals surface area contributed by atoms with Crippen molar-refractivity contribution < 1.29 is 12.6 Å². The molecule has 0 N–H and O–H groups in total. The molecule has 0 fully saturated rings. The van der Waals surface area contributed by atoms with Crippen molar-refractivity contribution in [2.24, 2.45) is 5.92 Å². The van der Waals surface area contributed by atoms with E-state index in [4.69, 9.17) is 4.18 Å². The van der Waals surface area contributed by atoms with Crippen molar-refractivity contribution in [1.29, 1.82) is 0 Å². The molecule has 2 unspecified atom stereocenters. The molecule has 0 spiro atoms. The molecule has 0 aliphatic heterocycles. The molecule has 2 aromatic carbocycles. The SMILES string of the molecule is Cc1ccc(S(=O)(=O)OCCC(C)CC(Br)c2ccccc2)cc1. The first-order valence-electron chi connectivity index (χ1n) is 8.03. The Bertz CT molecular complexity index is 727. The van der Waals surface area contributed by atoms with Gasteiger partial charge in [0.25, 0.3) is 10.1 Å². The fraction of sp³-hybridized carbons (Fsp3) is 0.368. The molecule has 0 amide bonds. The van der Waals surface area contributed by atoms with E-state index >= 15 is 0 Å². The summed E-state index contributed by atoms with van der Waals surface area (Å²) in [5.41, 5.74) is 2.25. The average molecular weight is 411 g/mol. The van der Waals surface area contributed by atoms with Crippen molar-refractivity contribution in [2.75, 3.05) is 6.61 Å². The molecule has 0 saturated heterocycles. The quantitative estimate of drug-likeness (QED) is 0.440. The molecular weight excluding hydrogens is 388 g/mol. The highest BCUT2D eigenvalue weighted by atomic mass is 79.9. The van der Waals surface area contributed by atoms with E-state index in [-0.39, 0.29) is 16.3 Å². The van der Waals surface area contributed by atoms with Gasteiger partial charge in [0, 0.05) is 4.83 Å². The molecule has 0 heterocycles. The van der Waals surface area contributed by atoms with Crippen molar-refractivity contribution in [2.45, 2.75) is 36.4 Å². The summed E-state index contributed by atoms with van der Waals surface area (Å²) in [6.07, 6.45) is 1.62. The molecular formula is C19H23BrO3S. The van der Waals surface area contributed by atoms with Gasteiger partial charge in [-0.3, -0.25) is 4.18 Å². The topological polar surface area (TPSA) is 43.4 Å². The Morgan fingerprint density at radius 1 is 1.04 bits per heavy atom. The largest absolute Gasteiger partial charge is 0.296 e. The fourth-order valence-electron chi connectivity index (χ4n) is 2.40. The zero-order chi connectivity index (χ0) is 17.6. The zero-order valence-electron chi connectivity index (χ0n) is 14.0. The van der Waals surface area contributed by atoms with E-state index < -0.39 is 10.1 Å². The molecule has 2 rings (SSSR count). The van der Waals surface area contributed by atoms with E-state index in [1.54, 1.807) is 24.3 Å². The van der Waals surface area contributed by atoms with Crippen LogP contribution in [0.4, 0.5) is 0 Å². The van der Waals surface area contributed by atoms with E-state index in [9.17, 15) is 8.42 Å². The lowest BCUT2D eigenvalue weighted by molar-refractivity contribution is 0.282. The number of aryl methyl sites for hydroxylation is 1. The van der Waals surface area contributed by atoms with Crippen molar-refractivity contribution in [1.82, 2.24) is 0 Å². The standard InChI is InChI=1S/C19H23BrO3S/c1-15-8-10-18(11-9-15)24(21,22)23-13-12-16(2)14-19(20)17-6-4-3-5-7-17/h3-11,16,19H,12-14H2,1-2H3. The van der Waals surface area contributed by atoms with Crippen LogP contribution in [0.2, 0.25) is 0 Å². The number of benzene rings is 2. The van der Waals surface area contributed by atoms with Gasteiger partial charge in [-0.1, -0.05) is 70.9 Å². The van der Waals surface area contributed by atoms with Crippen LogP contribution in [0.25, 0.3) is 0 Å². The number of hydrogen-bond acceptors (Lipinski definition) is 3. The molecule has 5 heteroatoms. The summed E-state index contributed by atoms with van der Waals surface area (Å²) in [6, 6.07) is 16.9. The van der Waals surface area contributed by atoms with Gasteiger partial charge >= 0.3 is 0 Å². The Morgan fingerprint density at radius 2 is 1.67 bits per heavy atom. The van der Waals surface area contributed by atoms with Crippen LogP contribution >= 0.6 is 15.9 Å². The van der Waals surface area contributed by atoms with Crippen molar-refractivity contribution in [3.8, 4) is 0 Å². The second kappa shape index (κ2) is 8.79. The first-order valence-corrected chi connectivity index (χ1v) is 10.4. The smallest absolute Gasteiger partial charge is 0.266 e. The third kappa shape index (κ3) is 5.72. The molecule has 0 aliphatic carbocycles. The lowest BCUT2D eigenvalue weighted by Gasteiger charge is -2.16. The fourth-order valence-corrected chi connectivity index (χ4v) is 4.27. The van der Waals surface area contributed by atoms with E-state index in [0.29, 0.717) is 12.3 Å². The third-order valence-corrected chi connectivity index (χ3v) is 6.16. The number of rotatable bonds is 8. The predicted molar refractivity (Wildman–Crippen MR) is 101 cm³/mol. The van der Waals surface area contributed by atoms with Crippen molar-refractivity contribution >= 4 is 26.0 Å². The van der Waals surface area contributed by atoms with Gasteiger partial charge in [-0.05, 0) is 43.4 Å². The Kier molecular flexibility index (Phi) is 7.02. The van der Waals surface area contributed by atoms with Gasteiger partial charge in [0.05, 0.1) is 11.5 Å². The number of halogens is 1. The van der Waals surface area contributed by atoms with Gasteiger partial charge < -0.3 is 0 Å². The molecule has 0 saturated carbocycles. The number of alkyl halides is 1. The predicted octanol–water partition coefficient (Wildman–Crippen LogP) is 5.25. The second-order valence-corrected chi connectivity index (χ2v) is 8.82. The summed E-state index contributed by atoms with van der Waals surface area (Å²) in [7, 11) is -3.67. The first-order chi connectivity index (χ1) is 11.4. The van der Waals surface area contributed by atoms with Crippen LogP contribution < -0.4 is 0 Å². The van der Waals surface area contributed by atoms with Gasteiger partial charge in [0.2, 0.25) is 0 Å². The highest BCUT2D eigenvalue weighted by Gasteiger charge is 2.17. The summed E-state index contributed by atoms with van der Waals surface area (Å²) in [5, 5.41) is 0. The van der Waals surface area contributed by atoms with Crippen LogP contribution in [0.5, 0.6) is 0 Å². The summed E-state index contributed by atoms with van der Waals surface area (Å²) < 4.78 is 29.4. The maximum atomic E-state index is 12.1. The van der Waals surface area contributed by atoms with Crippen LogP contribution in [-0.2, 0) is 14.3 Å². The highest BCUT2D eigenvalue weighted by Crippen LogP contribution is 2.30. The first kappa shape index (κ1) is 19.2. The lowest BCUT2D eigenvalue weighted by Crippen LogP contribution is -2.10. The highest BCUT2D eigenvalue weighted by molar-refractivity contribution is 9.09. The van der Waals surface area contributed by atoms with Crippen molar-refractivity contribution in [3.05, 3.63) is 65.7 Å². The molecule has 130 valence electrons. The number of hydrogen-bond donors (Lipinski definition) is 0. The Hall–Kier alpha value is -1.17. The molecule has 2 atom stereocenters. The van der Waals surface area contributed by atoms with Crippen LogP contribution in [0.3, 0.4) is 0 Å². The normalized spacial score (nSPS) is 14.3. The molecule has 0 radical (unpaired) electrons. The molecule has 3 nitrogen and oxygen atoms in total. The second-order valence-electron chi connectivity index (χ2n) is 6.10. The third-order valence-electron chi connectivity index (χ3n) is 3.93. The molecule has 0 aromatic heterocycles. The maximum Gasteiger partial charge on any atom is 0.296 e. The van der Waals surface area contributed by atoms with Crippen LogP contribution in [0.15, 0.2) is 59.5 Å². The monoisotopic (exact) mass is 410 g/mol. The van der Waals surface area contributed by atoms with Gasteiger partial charge in [-0.15, -0.1) is 0 Å². The molecule has 0 bridgehead atoms. The van der Waals surface area contributed by atoms with Crippen LogP contribution in [0, 0.1) is 12.8 Å². The lowest BCUT2D eigenvalue weighted by atomic mass is 9.98. The summed E-state index contributed by atoms with van der Waals surface area (Å²) >= 11 is 3.70. The minimum absolute atomic E-state index is 0.200. The summed E-state index contributed by atoms with van der Waals surface area (Å²) in [6.45, 7) is 4.23. The molecule has 24 heavy (non-hydrogen) atoms. The Labute approximate surface area is 153 Å². The zero-order valence-corrected chi connectivity index (χ0v) is 16.4. The maximum absolute atomic E-state index is 12.1. The van der Waals surface area contributed by atoms with E-state index in [1.165, 1.54) is 5.56 Å². The molecule has 2 aromatic rings. The van der Waals surface area contributed by atoms with E-state index in [1.807, 2.05) is 25.1 Å². The average Bonchev–Trinajstić information content (AvgIpc) is 2.56. The summed E-state index contributed by atoms with van der Waals surface area (Å²) in [4.78, 5) is 0.478. The van der Waals surface area contributed by atoms with Crippen LogP contribution in [-0.4, -0.2) is 15.0 Å². The van der Waals surface area contributed by atoms with Crippen molar-refractivity contribution in [3.63, 3.8) is 0 Å². The minimum atomic E-state index is -3.67.